The molecule has 0 aromatic carbocycles. The summed E-state index contributed by atoms with van der Waals surface area (Å²) >= 11 is 0. The summed E-state index contributed by atoms with van der Waals surface area (Å²) in [6.07, 6.45) is 2.35. The second kappa shape index (κ2) is 3.72. The highest BCUT2D eigenvalue weighted by atomic mass is 16.4. The lowest BCUT2D eigenvalue weighted by Crippen LogP contribution is -2.30. The number of carboxylic acid groups (broad SMARTS) is 1. The quantitative estimate of drug-likeness (QED) is 0.643. The molecule has 1 N–H and O–H groups in total. The Hall–Kier alpha value is -0.830. The number of carboxylic acids is 1. The number of nitrogens with zero attached hydrogens (tertiary/aromatic N) is 1. The van der Waals surface area contributed by atoms with Crippen LogP contribution in [0.3, 0.4) is 0 Å². The molecule has 0 aromatic heterocycles. The summed E-state index contributed by atoms with van der Waals surface area (Å²) in [4.78, 5) is 12.6. The van der Waals surface area contributed by atoms with Crippen LogP contribution in [0.15, 0.2) is 12.2 Å². The molecule has 1 saturated heterocycles. The summed E-state index contributed by atoms with van der Waals surface area (Å²) in [5, 5.41) is 8.60. The first-order chi connectivity index (χ1) is 5.61. The third kappa shape index (κ3) is 2.08. The highest BCUT2D eigenvalue weighted by molar-refractivity contribution is 5.86. The SMILES string of the molecule is C=C(CN1CCCC1C)C(=O)O. The first-order valence-electron chi connectivity index (χ1n) is 4.26. The number of likely N-dealkylation sites (tertiary alicyclic amines) is 1. The van der Waals surface area contributed by atoms with Crippen LogP contribution in [0.5, 0.6) is 0 Å². The van der Waals surface area contributed by atoms with Gasteiger partial charge in [-0.05, 0) is 26.3 Å². The van der Waals surface area contributed by atoms with Crippen molar-refractivity contribution < 1.29 is 9.90 Å². The van der Waals surface area contributed by atoms with Gasteiger partial charge in [0, 0.05) is 18.2 Å². The summed E-state index contributed by atoms with van der Waals surface area (Å²) in [5.41, 5.74) is 0.295. The lowest BCUT2D eigenvalue weighted by atomic mass is 10.2. The third-order valence-corrected chi connectivity index (χ3v) is 2.39. The van der Waals surface area contributed by atoms with Crippen LogP contribution in [-0.4, -0.2) is 35.1 Å². The molecule has 1 aliphatic heterocycles. The molecule has 68 valence electrons. The third-order valence-electron chi connectivity index (χ3n) is 2.39. The summed E-state index contributed by atoms with van der Waals surface area (Å²) < 4.78 is 0. The Morgan fingerprint density at radius 3 is 2.83 bits per heavy atom. The summed E-state index contributed by atoms with van der Waals surface area (Å²) in [7, 11) is 0. The van der Waals surface area contributed by atoms with Gasteiger partial charge in [-0.3, -0.25) is 4.90 Å². The van der Waals surface area contributed by atoms with Gasteiger partial charge in [0.15, 0.2) is 0 Å². The first kappa shape index (κ1) is 9.26. The Bertz CT molecular complexity index is 201. The van der Waals surface area contributed by atoms with Crippen molar-refractivity contribution >= 4 is 5.97 Å². The molecule has 3 heteroatoms. The maximum atomic E-state index is 10.5. The van der Waals surface area contributed by atoms with E-state index in [0.29, 0.717) is 18.2 Å². The molecular formula is C9H15NO2. The minimum absolute atomic E-state index is 0.295. The van der Waals surface area contributed by atoms with Crippen LogP contribution in [0.25, 0.3) is 0 Å². The standard InChI is InChI=1S/C9H15NO2/c1-7(9(11)12)6-10-5-3-4-8(10)2/h8H,1,3-6H2,2H3,(H,11,12). The van der Waals surface area contributed by atoms with E-state index in [0.717, 1.165) is 6.54 Å². The van der Waals surface area contributed by atoms with Gasteiger partial charge in [-0.15, -0.1) is 0 Å². The van der Waals surface area contributed by atoms with Crippen molar-refractivity contribution in [3.8, 4) is 0 Å². The van der Waals surface area contributed by atoms with Crippen molar-refractivity contribution in [2.24, 2.45) is 0 Å². The Kier molecular flexibility index (Phi) is 2.87. The van der Waals surface area contributed by atoms with E-state index in [9.17, 15) is 4.79 Å². The fourth-order valence-corrected chi connectivity index (χ4v) is 1.54. The Balaban J connectivity index is 2.40. The highest BCUT2D eigenvalue weighted by Crippen LogP contribution is 2.17. The first-order valence-corrected chi connectivity index (χ1v) is 4.26. The number of carbonyl (C=O) groups is 1. The molecular weight excluding hydrogens is 154 g/mol. The zero-order valence-corrected chi connectivity index (χ0v) is 7.42. The number of hydrogen-bond donors (Lipinski definition) is 1. The van der Waals surface area contributed by atoms with Gasteiger partial charge in [0.25, 0.3) is 0 Å². The molecule has 0 spiro atoms. The van der Waals surface area contributed by atoms with Crippen LogP contribution in [0.1, 0.15) is 19.8 Å². The predicted molar refractivity (Wildman–Crippen MR) is 47.0 cm³/mol. The van der Waals surface area contributed by atoms with E-state index in [2.05, 4.69) is 18.4 Å². The van der Waals surface area contributed by atoms with E-state index in [4.69, 9.17) is 5.11 Å². The van der Waals surface area contributed by atoms with E-state index in [1.54, 1.807) is 0 Å². The zero-order valence-electron chi connectivity index (χ0n) is 7.42. The maximum absolute atomic E-state index is 10.5. The largest absolute Gasteiger partial charge is 0.478 e. The Labute approximate surface area is 72.7 Å². The second-order valence-electron chi connectivity index (χ2n) is 3.37. The molecule has 1 unspecified atom stereocenters. The zero-order chi connectivity index (χ0) is 9.14. The monoisotopic (exact) mass is 169 g/mol. The Morgan fingerprint density at radius 1 is 1.75 bits per heavy atom. The molecule has 0 radical (unpaired) electrons. The number of rotatable bonds is 3. The van der Waals surface area contributed by atoms with Gasteiger partial charge in [-0.25, -0.2) is 4.79 Å². The van der Waals surface area contributed by atoms with E-state index in [1.165, 1.54) is 12.8 Å². The van der Waals surface area contributed by atoms with Crippen molar-refractivity contribution in [1.82, 2.24) is 4.90 Å². The normalized spacial score (nSPS) is 24.2. The fraction of sp³-hybridized carbons (Fsp3) is 0.667. The van der Waals surface area contributed by atoms with Crippen molar-refractivity contribution in [1.29, 1.82) is 0 Å². The van der Waals surface area contributed by atoms with Crippen molar-refractivity contribution in [2.75, 3.05) is 13.1 Å². The molecule has 0 bridgehead atoms. The van der Waals surface area contributed by atoms with Crippen LogP contribution in [0.4, 0.5) is 0 Å². The minimum Gasteiger partial charge on any atom is -0.478 e. The smallest absolute Gasteiger partial charge is 0.332 e. The van der Waals surface area contributed by atoms with Crippen LogP contribution in [0, 0.1) is 0 Å². The molecule has 0 aromatic rings. The molecule has 1 fully saturated rings. The summed E-state index contributed by atoms with van der Waals surface area (Å²) in [6, 6.07) is 0.515. The average Bonchev–Trinajstić information content (AvgIpc) is 2.36. The lowest BCUT2D eigenvalue weighted by molar-refractivity contribution is -0.132. The second-order valence-corrected chi connectivity index (χ2v) is 3.37. The Morgan fingerprint density at radius 2 is 2.42 bits per heavy atom. The van der Waals surface area contributed by atoms with Gasteiger partial charge in [0.05, 0.1) is 0 Å². The lowest BCUT2D eigenvalue weighted by Gasteiger charge is -2.20. The van der Waals surface area contributed by atoms with Gasteiger partial charge in [0.2, 0.25) is 0 Å². The topological polar surface area (TPSA) is 40.5 Å². The van der Waals surface area contributed by atoms with Crippen molar-refractivity contribution in [2.45, 2.75) is 25.8 Å². The molecule has 1 heterocycles. The van der Waals surface area contributed by atoms with Crippen molar-refractivity contribution in [3.05, 3.63) is 12.2 Å². The maximum Gasteiger partial charge on any atom is 0.332 e. The van der Waals surface area contributed by atoms with Gasteiger partial charge >= 0.3 is 5.97 Å². The van der Waals surface area contributed by atoms with E-state index in [-0.39, 0.29) is 0 Å². The molecule has 1 aliphatic rings. The molecule has 3 nitrogen and oxygen atoms in total. The van der Waals surface area contributed by atoms with Crippen molar-refractivity contribution in [3.63, 3.8) is 0 Å². The van der Waals surface area contributed by atoms with E-state index in [1.807, 2.05) is 0 Å². The van der Waals surface area contributed by atoms with Gasteiger partial charge in [0.1, 0.15) is 0 Å². The minimum atomic E-state index is -0.880. The number of aliphatic carboxylic acids is 1. The predicted octanol–water partition coefficient (Wildman–Crippen LogP) is 1.11. The van der Waals surface area contributed by atoms with Gasteiger partial charge < -0.3 is 5.11 Å². The van der Waals surface area contributed by atoms with E-state index >= 15 is 0 Å². The van der Waals surface area contributed by atoms with Gasteiger partial charge in [-0.1, -0.05) is 6.58 Å². The summed E-state index contributed by atoms with van der Waals surface area (Å²) in [5.74, 6) is -0.880. The van der Waals surface area contributed by atoms with Crippen LogP contribution >= 0.6 is 0 Å². The molecule has 12 heavy (non-hydrogen) atoms. The van der Waals surface area contributed by atoms with E-state index < -0.39 is 5.97 Å². The number of hydrogen-bond acceptors (Lipinski definition) is 2. The molecule has 0 saturated carbocycles. The van der Waals surface area contributed by atoms with Gasteiger partial charge in [-0.2, -0.15) is 0 Å². The highest BCUT2D eigenvalue weighted by Gasteiger charge is 2.21. The van der Waals surface area contributed by atoms with Crippen LogP contribution < -0.4 is 0 Å². The van der Waals surface area contributed by atoms with Crippen LogP contribution in [-0.2, 0) is 4.79 Å². The average molecular weight is 169 g/mol. The molecule has 0 aliphatic carbocycles. The summed E-state index contributed by atoms with van der Waals surface area (Å²) in [6.45, 7) is 7.16. The van der Waals surface area contributed by atoms with Crippen LogP contribution in [0.2, 0.25) is 0 Å². The fourth-order valence-electron chi connectivity index (χ4n) is 1.54. The molecule has 1 atom stereocenters. The molecule has 1 rings (SSSR count). The molecule has 0 amide bonds.